The fraction of sp³-hybridized carbons (Fsp3) is 0.600. The molecular weight excluding hydrogens is 246 g/mol. The van der Waals surface area contributed by atoms with Crippen molar-refractivity contribution in [2.75, 3.05) is 13.2 Å². The molecule has 1 aromatic rings. The zero-order valence-corrected chi connectivity index (χ0v) is 12.2. The molecule has 0 bridgehead atoms. The van der Waals surface area contributed by atoms with Crippen molar-refractivity contribution in [1.82, 2.24) is 5.32 Å². The number of unbranched alkanes of at least 4 members (excludes halogenated alkanes) is 2. The summed E-state index contributed by atoms with van der Waals surface area (Å²) in [6.07, 6.45) is 4.68. The predicted octanol–water partition coefficient (Wildman–Crippen LogP) is 4.41. The molecule has 2 nitrogen and oxygen atoms in total. The Kier molecular flexibility index (Phi) is 7.86. The van der Waals surface area contributed by atoms with Crippen LogP contribution in [0.2, 0.25) is 5.02 Å². The lowest BCUT2D eigenvalue weighted by molar-refractivity contribution is 0.302. The van der Waals surface area contributed by atoms with Gasteiger partial charge in [-0.2, -0.15) is 0 Å². The van der Waals surface area contributed by atoms with E-state index in [1.807, 2.05) is 18.2 Å². The van der Waals surface area contributed by atoms with Gasteiger partial charge >= 0.3 is 0 Å². The van der Waals surface area contributed by atoms with Gasteiger partial charge in [-0.05, 0) is 37.6 Å². The molecule has 0 saturated carbocycles. The van der Waals surface area contributed by atoms with Crippen molar-refractivity contribution in [2.24, 2.45) is 0 Å². The van der Waals surface area contributed by atoms with Gasteiger partial charge in [0.1, 0.15) is 5.75 Å². The standard InChI is InChI=1S/C15H24ClNO/c1-3-5-6-10-18-15-8-7-14(16)11-13(15)12-17-9-4-2/h7-8,11,17H,3-6,9-10,12H2,1-2H3. The van der Waals surface area contributed by atoms with Crippen molar-refractivity contribution in [3.63, 3.8) is 0 Å². The summed E-state index contributed by atoms with van der Waals surface area (Å²) < 4.78 is 5.83. The molecule has 0 fully saturated rings. The zero-order chi connectivity index (χ0) is 13.2. The first-order valence-corrected chi connectivity index (χ1v) is 7.27. The highest BCUT2D eigenvalue weighted by atomic mass is 35.5. The topological polar surface area (TPSA) is 21.3 Å². The Morgan fingerprint density at radius 3 is 2.72 bits per heavy atom. The minimum Gasteiger partial charge on any atom is -0.493 e. The van der Waals surface area contributed by atoms with Crippen LogP contribution in [0.4, 0.5) is 0 Å². The van der Waals surface area contributed by atoms with Crippen LogP contribution in [0.1, 0.15) is 45.1 Å². The molecule has 0 aromatic heterocycles. The molecule has 0 spiro atoms. The van der Waals surface area contributed by atoms with Crippen LogP contribution in [0.25, 0.3) is 0 Å². The predicted molar refractivity (Wildman–Crippen MR) is 78.5 cm³/mol. The normalized spacial score (nSPS) is 10.6. The molecule has 0 unspecified atom stereocenters. The molecule has 3 heteroatoms. The maximum Gasteiger partial charge on any atom is 0.123 e. The molecule has 1 rings (SSSR count). The molecule has 0 heterocycles. The van der Waals surface area contributed by atoms with E-state index in [2.05, 4.69) is 19.2 Å². The van der Waals surface area contributed by atoms with E-state index in [-0.39, 0.29) is 0 Å². The lowest BCUT2D eigenvalue weighted by Crippen LogP contribution is -2.14. The molecule has 0 saturated heterocycles. The highest BCUT2D eigenvalue weighted by molar-refractivity contribution is 6.30. The largest absolute Gasteiger partial charge is 0.493 e. The fourth-order valence-corrected chi connectivity index (χ4v) is 1.96. The van der Waals surface area contributed by atoms with Crippen molar-refractivity contribution < 1.29 is 4.74 Å². The molecule has 0 radical (unpaired) electrons. The third-order valence-electron chi connectivity index (χ3n) is 2.77. The number of hydrogen-bond acceptors (Lipinski definition) is 2. The van der Waals surface area contributed by atoms with Gasteiger partial charge < -0.3 is 10.1 Å². The van der Waals surface area contributed by atoms with Gasteiger partial charge in [-0.15, -0.1) is 0 Å². The Labute approximate surface area is 116 Å². The lowest BCUT2D eigenvalue weighted by Gasteiger charge is -2.12. The van der Waals surface area contributed by atoms with E-state index in [1.54, 1.807) is 0 Å². The summed E-state index contributed by atoms with van der Waals surface area (Å²) in [4.78, 5) is 0. The fourth-order valence-electron chi connectivity index (χ4n) is 1.76. The number of nitrogens with one attached hydrogen (secondary N) is 1. The third-order valence-corrected chi connectivity index (χ3v) is 3.01. The van der Waals surface area contributed by atoms with Gasteiger partial charge in [0.05, 0.1) is 6.61 Å². The summed E-state index contributed by atoms with van der Waals surface area (Å²) >= 11 is 6.03. The van der Waals surface area contributed by atoms with Crippen LogP contribution in [0.5, 0.6) is 5.75 Å². The third kappa shape index (κ3) is 5.74. The number of ether oxygens (including phenoxy) is 1. The van der Waals surface area contributed by atoms with Crippen LogP contribution in [-0.2, 0) is 6.54 Å². The van der Waals surface area contributed by atoms with Gasteiger partial charge in [0.2, 0.25) is 0 Å². The van der Waals surface area contributed by atoms with Gasteiger partial charge in [-0.25, -0.2) is 0 Å². The Balaban J connectivity index is 2.52. The summed E-state index contributed by atoms with van der Waals surface area (Å²) in [5.41, 5.74) is 1.15. The van der Waals surface area contributed by atoms with Crippen molar-refractivity contribution >= 4 is 11.6 Å². The van der Waals surface area contributed by atoms with Crippen LogP contribution >= 0.6 is 11.6 Å². The highest BCUT2D eigenvalue weighted by Crippen LogP contribution is 2.23. The first-order chi connectivity index (χ1) is 8.77. The van der Waals surface area contributed by atoms with Gasteiger partial charge in [-0.1, -0.05) is 38.3 Å². The molecule has 0 amide bonds. The first kappa shape index (κ1) is 15.3. The summed E-state index contributed by atoms with van der Waals surface area (Å²) in [5.74, 6) is 0.958. The second-order valence-corrected chi connectivity index (χ2v) is 4.92. The molecule has 0 aliphatic carbocycles. The molecule has 0 atom stereocenters. The van der Waals surface area contributed by atoms with Crippen molar-refractivity contribution in [2.45, 2.75) is 46.1 Å². The van der Waals surface area contributed by atoms with Crippen LogP contribution in [0.3, 0.4) is 0 Å². The number of rotatable bonds is 9. The Morgan fingerprint density at radius 1 is 1.17 bits per heavy atom. The molecular formula is C15H24ClNO. The lowest BCUT2D eigenvalue weighted by atomic mass is 10.2. The summed E-state index contributed by atoms with van der Waals surface area (Å²) in [6.45, 7) is 6.98. The summed E-state index contributed by atoms with van der Waals surface area (Å²) in [5, 5.41) is 4.15. The Morgan fingerprint density at radius 2 is 2.00 bits per heavy atom. The molecule has 0 aliphatic heterocycles. The van der Waals surface area contributed by atoms with Crippen molar-refractivity contribution in [1.29, 1.82) is 0 Å². The Bertz CT molecular complexity index is 341. The van der Waals surface area contributed by atoms with Crippen LogP contribution in [0, 0.1) is 0 Å². The van der Waals surface area contributed by atoms with Crippen LogP contribution < -0.4 is 10.1 Å². The molecule has 18 heavy (non-hydrogen) atoms. The maximum atomic E-state index is 6.03. The minimum atomic E-state index is 0.768. The summed E-state index contributed by atoms with van der Waals surface area (Å²) in [6, 6.07) is 5.84. The maximum absolute atomic E-state index is 6.03. The van der Waals surface area contributed by atoms with E-state index in [0.717, 1.165) is 48.9 Å². The van der Waals surface area contributed by atoms with Gasteiger partial charge in [0.25, 0.3) is 0 Å². The van der Waals surface area contributed by atoms with E-state index in [1.165, 1.54) is 12.8 Å². The van der Waals surface area contributed by atoms with Gasteiger partial charge in [0.15, 0.2) is 0 Å². The smallest absolute Gasteiger partial charge is 0.123 e. The SMILES string of the molecule is CCCCCOc1ccc(Cl)cc1CNCCC. The molecule has 1 aromatic carbocycles. The molecule has 1 N–H and O–H groups in total. The monoisotopic (exact) mass is 269 g/mol. The van der Waals surface area contributed by atoms with E-state index in [4.69, 9.17) is 16.3 Å². The second-order valence-electron chi connectivity index (χ2n) is 4.48. The average Bonchev–Trinajstić information content (AvgIpc) is 2.37. The van der Waals surface area contributed by atoms with E-state index < -0.39 is 0 Å². The zero-order valence-electron chi connectivity index (χ0n) is 11.5. The molecule has 102 valence electrons. The molecule has 0 aliphatic rings. The highest BCUT2D eigenvalue weighted by Gasteiger charge is 2.04. The second kappa shape index (κ2) is 9.23. The van der Waals surface area contributed by atoms with E-state index >= 15 is 0 Å². The quantitative estimate of drug-likeness (QED) is 0.671. The first-order valence-electron chi connectivity index (χ1n) is 6.89. The summed E-state index contributed by atoms with van der Waals surface area (Å²) in [7, 11) is 0. The average molecular weight is 270 g/mol. The van der Waals surface area contributed by atoms with Crippen molar-refractivity contribution in [3.05, 3.63) is 28.8 Å². The van der Waals surface area contributed by atoms with E-state index in [9.17, 15) is 0 Å². The van der Waals surface area contributed by atoms with Gasteiger partial charge in [0, 0.05) is 17.1 Å². The Hall–Kier alpha value is -0.730. The van der Waals surface area contributed by atoms with Crippen molar-refractivity contribution in [3.8, 4) is 5.75 Å². The van der Waals surface area contributed by atoms with E-state index in [0.29, 0.717) is 0 Å². The van der Waals surface area contributed by atoms with Crippen LogP contribution in [0.15, 0.2) is 18.2 Å². The number of halogens is 1. The minimum absolute atomic E-state index is 0.768. The number of benzene rings is 1. The number of hydrogen-bond donors (Lipinski definition) is 1. The van der Waals surface area contributed by atoms with Gasteiger partial charge in [-0.3, -0.25) is 0 Å². The van der Waals surface area contributed by atoms with Crippen LogP contribution in [-0.4, -0.2) is 13.2 Å².